The molecule has 0 spiro atoms. The molecule has 0 bridgehead atoms. The molecule has 3 rings (SSSR count). The fourth-order valence-corrected chi connectivity index (χ4v) is 3.31. The second-order valence-corrected chi connectivity index (χ2v) is 6.35. The predicted molar refractivity (Wildman–Crippen MR) is 93.3 cm³/mol. The van der Waals surface area contributed by atoms with E-state index < -0.39 is 0 Å². The van der Waals surface area contributed by atoms with Gasteiger partial charge in [-0.05, 0) is 48.1 Å². The number of nitriles is 1. The second-order valence-electron chi connectivity index (χ2n) is 5.20. The Morgan fingerprint density at radius 2 is 2.09 bits per heavy atom. The average Bonchev–Trinajstić information content (AvgIpc) is 3.07. The zero-order valence-corrected chi connectivity index (χ0v) is 13.2. The lowest BCUT2D eigenvalue weighted by atomic mass is 9.98. The van der Waals surface area contributed by atoms with Crippen LogP contribution in [0.4, 0.5) is 0 Å². The molecule has 22 heavy (non-hydrogen) atoms. The predicted octanol–water partition coefficient (Wildman–Crippen LogP) is 4.96. The van der Waals surface area contributed by atoms with E-state index in [1.807, 2.05) is 36.0 Å². The van der Waals surface area contributed by atoms with E-state index in [1.54, 1.807) is 6.07 Å². The average molecular weight is 304 g/mol. The Kier molecular flexibility index (Phi) is 4.41. The van der Waals surface area contributed by atoms with E-state index in [9.17, 15) is 0 Å². The summed E-state index contributed by atoms with van der Waals surface area (Å²) in [5.41, 5.74) is 4.76. The van der Waals surface area contributed by atoms with E-state index in [1.165, 1.54) is 5.56 Å². The van der Waals surface area contributed by atoms with Crippen molar-refractivity contribution < 1.29 is 0 Å². The summed E-state index contributed by atoms with van der Waals surface area (Å²) >= 11 is 1.82. The van der Waals surface area contributed by atoms with Crippen molar-refractivity contribution in [2.75, 3.05) is 0 Å². The molecule has 0 saturated carbocycles. The van der Waals surface area contributed by atoms with Crippen molar-refractivity contribution in [3.05, 3.63) is 70.9 Å². The molecule has 1 aromatic carbocycles. The van der Waals surface area contributed by atoms with Crippen LogP contribution in [0.5, 0.6) is 0 Å². The van der Waals surface area contributed by atoms with E-state index in [4.69, 9.17) is 5.26 Å². The Morgan fingerprint density at radius 1 is 1.23 bits per heavy atom. The summed E-state index contributed by atoms with van der Waals surface area (Å²) in [6.45, 7) is 2.10. The van der Waals surface area contributed by atoms with Gasteiger partial charge < -0.3 is 0 Å². The van der Waals surface area contributed by atoms with Crippen molar-refractivity contribution in [3.8, 4) is 17.2 Å². The molecule has 0 radical (unpaired) electrons. The zero-order chi connectivity index (χ0) is 15.4. The first kappa shape index (κ1) is 14.6. The molecule has 1 aliphatic rings. The number of aryl methyl sites for hydroxylation is 1. The topological polar surface area (TPSA) is 36.7 Å². The minimum Gasteiger partial charge on any atom is -0.237 e. The maximum atomic E-state index is 9.11. The molecule has 1 aromatic heterocycles. The van der Waals surface area contributed by atoms with E-state index in [0.717, 1.165) is 23.2 Å². The normalized spacial score (nSPS) is 17.0. The molecule has 108 valence electrons. The second kappa shape index (κ2) is 6.64. The molecule has 1 atom stereocenters. The molecule has 2 heterocycles. The molecular weight excluding hydrogens is 288 g/mol. The lowest BCUT2D eigenvalue weighted by molar-refractivity contribution is 1.10. The smallest absolute Gasteiger partial charge is 0.141 e. The lowest BCUT2D eigenvalue weighted by Crippen LogP contribution is -1.95. The summed E-state index contributed by atoms with van der Waals surface area (Å²) in [5, 5.41) is 11.7. The SMILES string of the molecule is Cc1ccccc1-c1ccc(C#N)nc1C=CC1CC=CS1. The summed E-state index contributed by atoms with van der Waals surface area (Å²) < 4.78 is 0. The lowest BCUT2D eigenvalue weighted by Gasteiger charge is -2.10. The van der Waals surface area contributed by atoms with Crippen molar-refractivity contribution in [3.63, 3.8) is 0 Å². The first-order chi connectivity index (χ1) is 10.8. The highest BCUT2D eigenvalue weighted by Crippen LogP contribution is 2.29. The van der Waals surface area contributed by atoms with Gasteiger partial charge in [-0.1, -0.05) is 36.4 Å². The molecule has 0 saturated heterocycles. The van der Waals surface area contributed by atoms with Crippen LogP contribution in [-0.4, -0.2) is 10.2 Å². The van der Waals surface area contributed by atoms with E-state index in [2.05, 4.69) is 47.7 Å². The Labute approximate surface area is 135 Å². The van der Waals surface area contributed by atoms with Gasteiger partial charge in [-0.15, -0.1) is 11.8 Å². The molecule has 2 aromatic rings. The van der Waals surface area contributed by atoms with Gasteiger partial charge in [0.2, 0.25) is 0 Å². The summed E-state index contributed by atoms with van der Waals surface area (Å²) in [4.78, 5) is 4.49. The van der Waals surface area contributed by atoms with Crippen molar-refractivity contribution in [1.29, 1.82) is 5.26 Å². The fraction of sp³-hybridized carbons (Fsp3) is 0.158. The first-order valence-corrected chi connectivity index (χ1v) is 8.18. The van der Waals surface area contributed by atoms with Gasteiger partial charge in [0.1, 0.15) is 11.8 Å². The molecule has 2 nitrogen and oxygen atoms in total. The van der Waals surface area contributed by atoms with Gasteiger partial charge in [-0.25, -0.2) is 4.98 Å². The first-order valence-electron chi connectivity index (χ1n) is 7.24. The zero-order valence-electron chi connectivity index (χ0n) is 12.4. The molecule has 0 fully saturated rings. The van der Waals surface area contributed by atoms with Crippen LogP contribution in [0, 0.1) is 18.3 Å². The highest BCUT2D eigenvalue weighted by Gasteiger charge is 2.10. The number of thioether (sulfide) groups is 1. The van der Waals surface area contributed by atoms with Crippen molar-refractivity contribution in [1.82, 2.24) is 4.98 Å². The molecule has 0 aliphatic carbocycles. The molecule has 0 amide bonds. The molecule has 1 aliphatic heterocycles. The number of pyridine rings is 1. The number of allylic oxidation sites excluding steroid dienone is 1. The fourth-order valence-electron chi connectivity index (χ4n) is 2.49. The van der Waals surface area contributed by atoms with E-state index in [-0.39, 0.29) is 0 Å². The number of aromatic nitrogens is 1. The Hall–Kier alpha value is -2.31. The summed E-state index contributed by atoms with van der Waals surface area (Å²) in [7, 11) is 0. The minimum atomic E-state index is 0.453. The van der Waals surface area contributed by atoms with Gasteiger partial charge in [0.25, 0.3) is 0 Å². The van der Waals surface area contributed by atoms with Crippen LogP contribution in [-0.2, 0) is 0 Å². The van der Waals surface area contributed by atoms with Gasteiger partial charge in [-0.2, -0.15) is 5.26 Å². The maximum Gasteiger partial charge on any atom is 0.141 e. The van der Waals surface area contributed by atoms with Gasteiger partial charge >= 0.3 is 0 Å². The third kappa shape index (κ3) is 3.13. The number of rotatable bonds is 3. The molecule has 1 unspecified atom stereocenters. The van der Waals surface area contributed by atoms with E-state index >= 15 is 0 Å². The summed E-state index contributed by atoms with van der Waals surface area (Å²) in [6, 6.07) is 14.2. The molecule has 3 heteroatoms. The van der Waals surface area contributed by atoms with Gasteiger partial charge in [0.05, 0.1) is 5.69 Å². The van der Waals surface area contributed by atoms with Crippen LogP contribution in [0.25, 0.3) is 17.2 Å². The van der Waals surface area contributed by atoms with Crippen LogP contribution < -0.4 is 0 Å². The standard InChI is InChI=1S/C19H16N2S/c1-14-5-2-3-7-17(14)18-10-8-15(13-20)21-19(18)11-9-16-6-4-12-22-16/h2-5,7-12,16H,6H2,1H3. The monoisotopic (exact) mass is 304 g/mol. The van der Waals surface area contributed by atoms with Crippen molar-refractivity contribution in [2.45, 2.75) is 18.6 Å². The quantitative estimate of drug-likeness (QED) is 0.804. The van der Waals surface area contributed by atoms with E-state index in [0.29, 0.717) is 10.9 Å². The van der Waals surface area contributed by atoms with Crippen LogP contribution in [0.3, 0.4) is 0 Å². The van der Waals surface area contributed by atoms with Gasteiger partial charge in [0.15, 0.2) is 0 Å². The molecule has 0 N–H and O–H groups in total. The Bertz CT molecular complexity index is 776. The minimum absolute atomic E-state index is 0.453. The van der Waals surface area contributed by atoms with Crippen molar-refractivity contribution >= 4 is 17.8 Å². The third-order valence-electron chi connectivity index (χ3n) is 3.66. The van der Waals surface area contributed by atoms with Crippen LogP contribution >= 0.6 is 11.8 Å². The van der Waals surface area contributed by atoms with Crippen molar-refractivity contribution in [2.24, 2.45) is 0 Å². The Balaban J connectivity index is 2.02. The largest absolute Gasteiger partial charge is 0.237 e. The van der Waals surface area contributed by atoms with Crippen LogP contribution in [0.2, 0.25) is 0 Å². The third-order valence-corrected chi connectivity index (χ3v) is 4.71. The number of hydrogen-bond acceptors (Lipinski definition) is 3. The summed E-state index contributed by atoms with van der Waals surface area (Å²) in [5.74, 6) is 0. The highest BCUT2D eigenvalue weighted by molar-refractivity contribution is 8.03. The number of benzene rings is 1. The van der Waals surface area contributed by atoms with Crippen LogP contribution in [0.15, 0.2) is 54.0 Å². The highest BCUT2D eigenvalue weighted by atomic mass is 32.2. The van der Waals surface area contributed by atoms with Gasteiger partial charge in [-0.3, -0.25) is 0 Å². The Morgan fingerprint density at radius 3 is 2.82 bits per heavy atom. The van der Waals surface area contributed by atoms with Gasteiger partial charge in [0, 0.05) is 10.8 Å². The molecular formula is C19H16N2S. The maximum absolute atomic E-state index is 9.11. The van der Waals surface area contributed by atoms with Crippen LogP contribution in [0.1, 0.15) is 23.4 Å². The number of hydrogen-bond donors (Lipinski definition) is 0. The number of nitrogens with zero attached hydrogens (tertiary/aromatic N) is 2. The summed E-state index contributed by atoms with van der Waals surface area (Å²) in [6.07, 6.45) is 7.46.